The van der Waals surface area contributed by atoms with Crippen LogP contribution >= 0.6 is 0 Å². The lowest BCUT2D eigenvalue weighted by Crippen LogP contribution is -2.27. The molecule has 0 fully saturated rings. The number of carbonyl (C=O) groups excluding carboxylic acids is 1. The third-order valence-electron chi connectivity index (χ3n) is 4.08. The highest BCUT2D eigenvalue weighted by Gasteiger charge is 2.38. The number of halogens is 3. The monoisotopic (exact) mass is 383 g/mol. The Morgan fingerprint density at radius 2 is 2.00 bits per heavy atom. The van der Waals surface area contributed by atoms with Gasteiger partial charge in [0.25, 0.3) is 0 Å². The van der Waals surface area contributed by atoms with Gasteiger partial charge in [0.05, 0.1) is 24.1 Å². The van der Waals surface area contributed by atoms with Crippen LogP contribution in [0.3, 0.4) is 0 Å². The molecule has 1 amide bonds. The Balaban J connectivity index is 2.49. The van der Waals surface area contributed by atoms with Crippen molar-refractivity contribution in [2.45, 2.75) is 45.7 Å². The second kappa shape index (κ2) is 8.92. The fraction of sp³-hybridized carbons (Fsp3) is 0.474. The average Bonchev–Trinajstić information content (AvgIpc) is 2.58. The second-order valence-corrected chi connectivity index (χ2v) is 6.21. The number of aromatic nitrogens is 1. The molecule has 0 atom stereocenters. The molecule has 8 heteroatoms. The number of nitrogens with zero attached hydrogens (tertiary/aromatic N) is 1. The maximum absolute atomic E-state index is 13.9. The molecule has 0 aliphatic rings. The number of hydrogen-bond donors (Lipinski definition) is 2. The molecule has 0 aliphatic heterocycles. The fourth-order valence-electron chi connectivity index (χ4n) is 2.87. The molecule has 0 spiro atoms. The van der Waals surface area contributed by atoms with Gasteiger partial charge in [-0.15, -0.1) is 0 Å². The van der Waals surface area contributed by atoms with Crippen LogP contribution < -0.4 is 15.8 Å². The molecule has 3 N–H and O–H groups in total. The summed E-state index contributed by atoms with van der Waals surface area (Å²) < 4.78 is 46.9. The minimum atomic E-state index is -4.67. The summed E-state index contributed by atoms with van der Waals surface area (Å²) >= 11 is 0. The van der Waals surface area contributed by atoms with E-state index in [-0.39, 0.29) is 29.0 Å². The van der Waals surface area contributed by atoms with E-state index in [1.807, 2.05) is 6.92 Å². The number of benzene rings is 1. The predicted octanol–water partition coefficient (Wildman–Crippen LogP) is 4.08. The van der Waals surface area contributed by atoms with Crippen molar-refractivity contribution in [3.8, 4) is 5.88 Å². The van der Waals surface area contributed by atoms with Crippen molar-refractivity contribution in [2.24, 2.45) is 0 Å². The molecule has 0 radical (unpaired) electrons. The van der Waals surface area contributed by atoms with E-state index >= 15 is 0 Å². The van der Waals surface area contributed by atoms with Gasteiger partial charge in [-0.1, -0.05) is 25.8 Å². The van der Waals surface area contributed by atoms with Gasteiger partial charge in [0.2, 0.25) is 11.8 Å². The van der Waals surface area contributed by atoms with Crippen LogP contribution in [-0.4, -0.2) is 24.0 Å². The highest BCUT2D eigenvalue weighted by Crippen LogP contribution is 2.40. The minimum absolute atomic E-state index is 0.0814. The Bertz CT molecular complexity index is 807. The molecule has 0 bridgehead atoms. The first-order valence-corrected chi connectivity index (χ1v) is 8.96. The Labute approximate surface area is 156 Å². The molecule has 0 aliphatic carbocycles. The number of hydrogen-bond acceptors (Lipinski definition) is 4. The number of anilines is 1. The SMILES string of the molecule is CCCCCNC(=O)Cc1c(OCC)nc2cc(N)ccc2c1C(F)(F)F. The summed E-state index contributed by atoms with van der Waals surface area (Å²) in [4.78, 5) is 16.4. The van der Waals surface area contributed by atoms with Crippen molar-refractivity contribution in [3.05, 3.63) is 29.3 Å². The van der Waals surface area contributed by atoms with E-state index in [4.69, 9.17) is 10.5 Å². The lowest BCUT2D eigenvalue weighted by molar-refractivity contribution is -0.137. The van der Waals surface area contributed by atoms with Gasteiger partial charge in [-0.3, -0.25) is 4.79 Å². The number of nitrogen functional groups attached to an aromatic ring is 1. The smallest absolute Gasteiger partial charge is 0.417 e. The number of unbranched alkanes of at least 4 members (excludes halogenated alkanes) is 2. The third kappa shape index (κ3) is 5.24. The molecule has 27 heavy (non-hydrogen) atoms. The lowest BCUT2D eigenvalue weighted by atomic mass is 9.99. The van der Waals surface area contributed by atoms with Crippen molar-refractivity contribution in [3.63, 3.8) is 0 Å². The zero-order chi connectivity index (χ0) is 20.0. The summed E-state index contributed by atoms with van der Waals surface area (Å²) in [5.74, 6) is -0.680. The minimum Gasteiger partial charge on any atom is -0.478 e. The Hall–Kier alpha value is -2.51. The van der Waals surface area contributed by atoms with E-state index in [1.165, 1.54) is 18.2 Å². The first-order valence-electron chi connectivity index (χ1n) is 8.96. The van der Waals surface area contributed by atoms with E-state index in [0.29, 0.717) is 12.2 Å². The second-order valence-electron chi connectivity index (χ2n) is 6.21. The molecular weight excluding hydrogens is 359 g/mol. The predicted molar refractivity (Wildman–Crippen MR) is 98.6 cm³/mol. The van der Waals surface area contributed by atoms with Crippen LogP contribution in [0.1, 0.15) is 44.2 Å². The van der Waals surface area contributed by atoms with Gasteiger partial charge < -0.3 is 15.8 Å². The highest BCUT2D eigenvalue weighted by molar-refractivity contribution is 5.89. The Morgan fingerprint density at radius 3 is 2.63 bits per heavy atom. The standard InChI is InChI=1S/C19H24F3N3O2/c1-3-5-6-9-24-16(26)11-14-17(19(20,21)22)13-8-7-12(23)10-15(13)25-18(14)27-4-2/h7-8,10H,3-6,9,11,23H2,1-2H3,(H,24,26). The van der Waals surface area contributed by atoms with Gasteiger partial charge in [0.15, 0.2) is 0 Å². The zero-order valence-corrected chi connectivity index (χ0v) is 15.4. The molecule has 2 aromatic rings. The van der Waals surface area contributed by atoms with E-state index in [0.717, 1.165) is 19.3 Å². The number of fused-ring (bicyclic) bond motifs is 1. The van der Waals surface area contributed by atoms with E-state index in [2.05, 4.69) is 10.3 Å². The zero-order valence-electron chi connectivity index (χ0n) is 15.4. The van der Waals surface area contributed by atoms with Crippen molar-refractivity contribution in [2.75, 3.05) is 18.9 Å². The third-order valence-corrected chi connectivity index (χ3v) is 4.08. The number of nitrogens with one attached hydrogen (secondary N) is 1. The summed E-state index contributed by atoms with van der Waals surface area (Å²) in [7, 11) is 0. The quantitative estimate of drug-likeness (QED) is 0.532. The van der Waals surface area contributed by atoms with Gasteiger partial charge >= 0.3 is 6.18 Å². The Morgan fingerprint density at radius 1 is 1.26 bits per heavy atom. The molecule has 0 saturated carbocycles. The first kappa shape index (κ1) is 20.8. The molecule has 0 saturated heterocycles. The maximum Gasteiger partial charge on any atom is 0.417 e. The number of ether oxygens (including phenoxy) is 1. The number of carbonyl (C=O) groups is 1. The Kier molecular flexibility index (Phi) is 6.87. The van der Waals surface area contributed by atoms with Crippen molar-refractivity contribution >= 4 is 22.5 Å². The van der Waals surface area contributed by atoms with Crippen LogP contribution in [0.15, 0.2) is 18.2 Å². The molecular formula is C19H24F3N3O2. The lowest BCUT2D eigenvalue weighted by Gasteiger charge is -2.19. The van der Waals surface area contributed by atoms with E-state index in [1.54, 1.807) is 6.92 Å². The number of amides is 1. The van der Waals surface area contributed by atoms with Crippen LogP contribution in [0.2, 0.25) is 0 Å². The number of pyridine rings is 1. The number of rotatable bonds is 8. The number of nitrogens with two attached hydrogens (primary N) is 1. The van der Waals surface area contributed by atoms with Gasteiger partial charge in [0, 0.05) is 23.2 Å². The number of alkyl halides is 3. The van der Waals surface area contributed by atoms with Crippen molar-refractivity contribution in [1.82, 2.24) is 10.3 Å². The van der Waals surface area contributed by atoms with Crippen LogP contribution in [-0.2, 0) is 17.4 Å². The van der Waals surface area contributed by atoms with Gasteiger partial charge in [-0.05, 0) is 25.5 Å². The van der Waals surface area contributed by atoms with Gasteiger partial charge in [0.1, 0.15) is 0 Å². The van der Waals surface area contributed by atoms with Gasteiger partial charge in [-0.25, -0.2) is 4.98 Å². The molecule has 1 aromatic heterocycles. The molecule has 148 valence electrons. The maximum atomic E-state index is 13.9. The fourth-order valence-corrected chi connectivity index (χ4v) is 2.87. The summed E-state index contributed by atoms with van der Waals surface area (Å²) in [6.07, 6.45) is -2.41. The van der Waals surface area contributed by atoms with E-state index in [9.17, 15) is 18.0 Å². The molecule has 2 rings (SSSR count). The van der Waals surface area contributed by atoms with Crippen molar-refractivity contribution in [1.29, 1.82) is 0 Å². The van der Waals surface area contributed by atoms with Gasteiger partial charge in [-0.2, -0.15) is 13.2 Å². The molecule has 0 unspecified atom stereocenters. The van der Waals surface area contributed by atoms with Crippen LogP contribution in [0.5, 0.6) is 5.88 Å². The summed E-state index contributed by atoms with van der Waals surface area (Å²) in [6.45, 7) is 4.23. The summed E-state index contributed by atoms with van der Waals surface area (Å²) in [5.41, 5.74) is 4.90. The normalized spacial score (nSPS) is 11.6. The van der Waals surface area contributed by atoms with Crippen LogP contribution in [0.25, 0.3) is 10.9 Å². The van der Waals surface area contributed by atoms with Crippen LogP contribution in [0, 0.1) is 0 Å². The average molecular weight is 383 g/mol. The van der Waals surface area contributed by atoms with E-state index < -0.39 is 24.1 Å². The largest absolute Gasteiger partial charge is 0.478 e. The highest BCUT2D eigenvalue weighted by atomic mass is 19.4. The topological polar surface area (TPSA) is 77.2 Å². The summed E-state index contributed by atoms with van der Waals surface area (Å²) in [6, 6.07) is 4.02. The molecule has 1 aromatic carbocycles. The van der Waals surface area contributed by atoms with Crippen LogP contribution in [0.4, 0.5) is 18.9 Å². The summed E-state index contributed by atoms with van der Waals surface area (Å²) in [5, 5.41) is 2.56. The first-order chi connectivity index (χ1) is 12.8. The van der Waals surface area contributed by atoms with Crippen molar-refractivity contribution < 1.29 is 22.7 Å². The molecule has 1 heterocycles. The molecule has 5 nitrogen and oxygen atoms in total.